The van der Waals surface area contributed by atoms with Crippen LogP contribution in [0.2, 0.25) is 5.02 Å². The topological polar surface area (TPSA) is 84.6 Å². The van der Waals surface area contributed by atoms with Crippen LogP contribution in [0.25, 0.3) is 0 Å². The van der Waals surface area contributed by atoms with Gasteiger partial charge in [-0.3, -0.25) is 0 Å². The van der Waals surface area contributed by atoms with Gasteiger partial charge in [0.15, 0.2) is 0 Å². The summed E-state index contributed by atoms with van der Waals surface area (Å²) in [6.07, 6.45) is 2.42. The number of nitriles is 1. The third kappa shape index (κ3) is 6.29. The second-order valence-electron chi connectivity index (χ2n) is 6.16. The molecule has 0 aromatic heterocycles. The Bertz CT molecular complexity index is 876. The van der Waals surface area contributed by atoms with Gasteiger partial charge in [-0.1, -0.05) is 27.5 Å². The molecule has 1 aliphatic rings. The zero-order valence-corrected chi connectivity index (χ0v) is 19.1. The van der Waals surface area contributed by atoms with Gasteiger partial charge in [0, 0.05) is 22.5 Å². The number of halogens is 2. The minimum Gasteiger partial charge on any atom is -0.393 e. The predicted octanol–water partition coefficient (Wildman–Crippen LogP) is 3.83. The highest BCUT2D eigenvalue weighted by atomic mass is 79.9. The molecule has 0 radical (unpaired) electrons. The molecule has 5 nitrogen and oxygen atoms in total. The molecular formula is C19H20BrClN2O3S2. The van der Waals surface area contributed by atoms with E-state index in [2.05, 4.69) is 22.0 Å². The highest BCUT2D eigenvalue weighted by Gasteiger charge is 2.38. The average molecular weight is 504 g/mol. The van der Waals surface area contributed by atoms with Crippen molar-refractivity contribution in [2.24, 2.45) is 0 Å². The minimum atomic E-state index is -1.42. The fraction of sp³-hybridized carbons (Fsp3) is 0.316. The number of β-amino-alcohol motifs (C(OH)–C–C–N with tert-alkyl or cyclic N) is 1. The van der Waals surface area contributed by atoms with Crippen LogP contribution in [-0.4, -0.2) is 50.3 Å². The van der Waals surface area contributed by atoms with Crippen LogP contribution in [0.5, 0.6) is 0 Å². The molecule has 2 N–H and O–H groups in total. The second kappa shape index (κ2) is 10.7. The van der Waals surface area contributed by atoms with Crippen molar-refractivity contribution in [2.75, 3.05) is 26.0 Å². The summed E-state index contributed by atoms with van der Waals surface area (Å²) in [5.41, 5.74) is -0.435. The lowest BCUT2D eigenvalue weighted by Gasteiger charge is -2.20. The molecule has 2 aromatic carbocycles. The van der Waals surface area contributed by atoms with Gasteiger partial charge in [-0.15, -0.1) is 11.8 Å². The summed E-state index contributed by atoms with van der Waals surface area (Å²) < 4.78 is 14.8. The first-order valence-corrected chi connectivity index (χ1v) is 11.8. The summed E-state index contributed by atoms with van der Waals surface area (Å²) >= 11 is 11.0. The first kappa shape index (κ1) is 23.4. The predicted molar refractivity (Wildman–Crippen MR) is 117 cm³/mol. The summed E-state index contributed by atoms with van der Waals surface area (Å²) in [4.78, 5) is 1.71. The number of hydrogen-bond acceptors (Lipinski definition) is 5. The SMILES string of the molecule is CSc1ccc(C#N)cc1.O=S(c1ccc(Br)cc1Cl)N1CCC(O)(CO)C1. The number of aliphatic hydroxyl groups is 2. The Hall–Kier alpha value is -0.920. The van der Waals surface area contributed by atoms with E-state index in [-0.39, 0.29) is 13.2 Å². The van der Waals surface area contributed by atoms with E-state index in [9.17, 15) is 9.32 Å². The molecule has 0 spiro atoms. The van der Waals surface area contributed by atoms with Crippen molar-refractivity contribution in [1.82, 2.24) is 4.31 Å². The molecule has 0 saturated carbocycles. The van der Waals surface area contributed by atoms with Gasteiger partial charge in [-0.2, -0.15) is 5.26 Å². The lowest BCUT2D eigenvalue weighted by Crippen LogP contribution is -2.37. The van der Waals surface area contributed by atoms with Crippen LogP contribution in [0, 0.1) is 11.3 Å². The molecule has 9 heteroatoms. The Balaban J connectivity index is 0.000000237. The molecule has 2 unspecified atom stereocenters. The molecule has 0 aliphatic carbocycles. The van der Waals surface area contributed by atoms with Gasteiger partial charge in [0.05, 0.1) is 28.2 Å². The summed E-state index contributed by atoms with van der Waals surface area (Å²) in [6.45, 7) is 0.327. The van der Waals surface area contributed by atoms with Gasteiger partial charge in [0.1, 0.15) is 16.6 Å². The molecule has 28 heavy (non-hydrogen) atoms. The Morgan fingerprint density at radius 2 is 2.04 bits per heavy atom. The lowest BCUT2D eigenvalue weighted by atomic mass is 10.1. The molecule has 0 bridgehead atoms. The molecule has 2 aromatic rings. The first-order chi connectivity index (χ1) is 13.3. The number of rotatable bonds is 4. The van der Waals surface area contributed by atoms with Gasteiger partial charge >= 0.3 is 0 Å². The number of benzene rings is 2. The Kier molecular flexibility index (Phi) is 8.96. The molecule has 1 aliphatic heterocycles. The maximum atomic E-state index is 12.3. The van der Waals surface area contributed by atoms with E-state index in [4.69, 9.17) is 22.0 Å². The fourth-order valence-corrected chi connectivity index (χ4v) is 5.09. The van der Waals surface area contributed by atoms with Crippen LogP contribution in [0.3, 0.4) is 0 Å². The van der Waals surface area contributed by atoms with Crippen molar-refractivity contribution in [1.29, 1.82) is 5.26 Å². The molecule has 1 fully saturated rings. The maximum absolute atomic E-state index is 12.3. The smallest absolute Gasteiger partial charge is 0.129 e. The van der Waals surface area contributed by atoms with Crippen molar-refractivity contribution < 1.29 is 14.4 Å². The summed E-state index contributed by atoms with van der Waals surface area (Å²) in [6, 6.07) is 14.8. The van der Waals surface area contributed by atoms with Gasteiger partial charge in [0.25, 0.3) is 0 Å². The van der Waals surface area contributed by atoms with Gasteiger partial charge in [-0.05, 0) is 55.1 Å². The van der Waals surface area contributed by atoms with Crippen LogP contribution < -0.4 is 0 Å². The first-order valence-electron chi connectivity index (χ1n) is 8.31. The maximum Gasteiger partial charge on any atom is 0.129 e. The third-order valence-corrected chi connectivity index (χ3v) is 7.30. The van der Waals surface area contributed by atoms with Crippen LogP contribution in [0.1, 0.15) is 12.0 Å². The van der Waals surface area contributed by atoms with E-state index in [0.717, 1.165) is 10.0 Å². The van der Waals surface area contributed by atoms with Gasteiger partial charge in [-0.25, -0.2) is 8.51 Å². The quantitative estimate of drug-likeness (QED) is 0.620. The highest BCUT2D eigenvalue weighted by molar-refractivity contribution is 9.10. The van der Waals surface area contributed by atoms with Crippen LogP contribution in [0.15, 0.2) is 56.7 Å². The monoisotopic (exact) mass is 502 g/mol. The third-order valence-electron chi connectivity index (χ3n) is 4.13. The number of nitrogens with zero attached hydrogens (tertiary/aromatic N) is 2. The fourth-order valence-electron chi connectivity index (χ4n) is 2.51. The number of thioether (sulfide) groups is 1. The average Bonchev–Trinajstić information content (AvgIpc) is 3.11. The van der Waals surface area contributed by atoms with E-state index in [1.54, 1.807) is 34.3 Å². The van der Waals surface area contributed by atoms with Gasteiger partial charge < -0.3 is 10.2 Å². The number of hydrogen-bond donors (Lipinski definition) is 2. The van der Waals surface area contributed by atoms with E-state index < -0.39 is 16.6 Å². The van der Waals surface area contributed by atoms with Crippen LogP contribution in [0.4, 0.5) is 0 Å². The van der Waals surface area contributed by atoms with E-state index in [1.165, 1.54) is 4.90 Å². The zero-order chi connectivity index (χ0) is 20.7. The number of aliphatic hydroxyl groups excluding tert-OH is 1. The lowest BCUT2D eigenvalue weighted by molar-refractivity contribution is -0.000502. The standard InChI is InChI=1S/C11H13BrClNO3S.C8H7NS/c12-8-1-2-10(9(13)5-8)18(17)14-4-3-11(16,6-14)7-15;1-10-8-4-2-7(6-9)3-5-8/h1-2,5,15-16H,3-4,6-7H2;2-5H,1H3. The molecule has 1 saturated heterocycles. The zero-order valence-electron chi connectivity index (χ0n) is 15.1. The largest absolute Gasteiger partial charge is 0.393 e. The Labute approximate surface area is 185 Å². The Morgan fingerprint density at radius 1 is 1.36 bits per heavy atom. The molecule has 3 rings (SSSR count). The molecule has 0 amide bonds. The normalized spacial score (nSPS) is 20.1. The van der Waals surface area contributed by atoms with E-state index >= 15 is 0 Å². The highest BCUT2D eigenvalue weighted by Crippen LogP contribution is 2.29. The molecular weight excluding hydrogens is 484 g/mol. The van der Waals surface area contributed by atoms with Crippen molar-refractivity contribution in [3.63, 3.8) is 0 Å². The van der Waals surface area contributed by atoms with E-state index in [1.807, 2.05) is 30.5 Å². The summed E-state index contributed by atoms with van der Waals surface area (Å²) in [5.74, 6) is 0. The van der Waals surface area contributed by atoms with Crippen molar-refractivity contribution in [3.8, 4) is 6.07 Å². The van der Waals surface area contributed by atoms with Gasteiger partial charge in [0.2, 0.25) is 0 Å². The second-order valence-corrected chi connectivity index (χ2v) is 9.82. The van der Waals surface area contributed by atoms with E-state index in [0.29, 0.717) is 22.9 Å². The summed E-state index contributed by atoms with van der Waals surface area (Å²) in [5, 5.41) is 27.9. The van der Waals surface area contributed by atoms with Crippen molar-refractivity contribution >= 4 is 50.3 Å². The van der Waals surface area contributed by atoms with Crippen molar-refractivity contribution in [3.05, 3.63) is 57.5 Å². The minimum absolute atomic E-state index is 0.183. The molecule has 2 atom stereocenters. The van der Waals surface area contributed by atoms with Crippen molar-refractivity contribution in [2.45, 2.75) is 21.8 Å². The molecule has 150 valence electrons. The molecule has 1 heterocycles. The van der Waals surface area contributed by atoms with Crippen LogP contribution >= 0.6 is 39.3 Å². The Morgan fingerprint density at radius 3 is 2.54 bits per heavy atom. The van der Waals surface area contributed by atoms with Crippen LogP contribution in [-0.2, 0) is 11.0 Å². The summed E-state index contributed by atoms with van der Waals surface area (Å²) in [7, 11) is -1.42.